The molecule has 0 bridgehead atoms. The van der Waals surface area contributed by atoms with Gasteiger partial charge in [-0.05, 0) is 77.6 Å². The van der Waals surface area contributed by atoms with Gasteiger partial charge in [0.25, 0.3) is 0 Å². The first-order valence-electron chi connectivity index (χ1n) is 16.9. The molecule has 0 aromatic carbocycles. The number of fused-ring (bicyclic) bond motifs is 2. The van der Waals surface area contributed by atoms with Gasteiger partial charge in [0.05, 0.1) is 25.5 Å². The molecule has 6 aromatic heterocycles. The van der Waals surface area contributed by atoms with E-state index in [0.29, 0.717) is 29.7 Å². The van der Waals surface area contributed by atoms with Crippen LogP contribution in [0, 0.1) is 0 Å². The first kappa shape index (κ1) is 36.2. The number of aromatic nitrogens is 8. The topological polar surface area (TPSA) is 145 Å². The van der Waals surface area contributed by atoms with Gasteiger partial charge >= 0.3 is 12.2 Å². The summed E-state index contributed by atoms with van der Waals surface area (Å²) in [5.41, 5.74) is 2.80. The van der Waals surface area contributed by atoms with Gasteiger partial charge in [0.2, 0.25) is 0 Å². The highest BCUT2D eigenvalue weighted by molar-refractivity contribution is 6.29. The smallest absolute Gasteiger partial charge is 0.416 e. The van der Waals surface area contributed by atoms with E-state index in [-0.39, 0.29) is 11.7 Å². The Morgan fingerprint density at radius 3 is 1.65 bits per heavy atom. The molecular weight excluding hydrogens is 684 g/mol. The van der Waals surface area contributed by atoms with Crippen LogP contribution in [0.4, 0.5) is 21.2 Å². The van der Waals surface area contributed by atoms with E-state index >= 15 is 0 Å². The molecule has 0 atom stereocenters. The quantitative estimate of drug-likeness (QED) is 0.150. The summed E-state index contributed by atoms with van der Waals surface area (Å²) in [5, 5.41) is 8.87. The molecule has 0 unspecified atom stereocenters. The van der Waals surface area contributed by atoms with Crippen LogP contribution in [0.5, 0.6) is 0 Å². The Bertz CT molecular complexity index is 2160. The fourth-order valence-corrected chi connectivity index (χ4v) is 5.40. The molecule has 6 aromatic rings. The number of anilines is 2. The number of amides is 2. The van der Waals surface area contributed by atoms with E-state index in [4.69, 9.17) is 26.1 Å². The van der Waals surface area contributed by atoms with Crippen LogP contribution in [0.3, 0.4) is 0 Å². The first-order chi connectivity index (χ1) is 24.7. The lowest BCUT2D eigenvalue weighted by Crippen LogP contribution is -2.37. The number of hydrogen-bond acceptors (Lipinski definition) is 10. The number of pyridine rings is 2. The van der Waals surface area contributed by atoms with Gasteiger partial charge in [-0.25, -0.2) is 19.6 Å². The summed E-state index contributed by atoms with van der Waals surface area (Å²) in [5.74, 6) is 1.59. The van der Waals surface area contributed by atoms with Gasteiger partial charge in [-0.2, -0.15) is 19.2 Å². The zero-order valence-electron chi connectivity index (χ0n) is 30.0. The third kappa shape index (κ3) is 9.18. The highest BCUT2D eigenvalue weighted by Crippen LogP contribution is 2.40. The summed E-state index contributed by atoms with van der Waals surface area (Å²) in [4.78, 5) is 46.1. The first-order valence-corrected chi connectivity index (χ1v) is 17.3. The van der Waals surface area contributed by atoms with Crippen molar-refractivity contribution in [2.45, 2.75) is 84.6 Å². The zero-order valence-corrected chi connectivity index (χ0v) is 30.7. The van der Waals surface area contributed by atoms with Crippen LogP contribution in [-0.2, 0) is 22.6 Å². The number of rotatable bonds is 7. The van der Waals surface area contributed by atoms with E-state index in [1.54, 1.807) is 63.2 Å². The van der Waals surface area contributed by atoms with Gasteiger partial charge in [-0.1, -0.05) is 23.7 Å². The van der Waals surface area contributed by atoms with Crippen molar-refractivity contribution in [2.75, 3.05) is 9.80 Å². The lowest BCUT2D eigenvalue weighted by molar-refractivity contribution is 0.0564. The SMILES string of the molecule is CC(C)(C)OC(=O)N(Cc1cccnc1)c1cc(C2CC2)nc2ccnn12.CC(C)(C)OC(=O)N(Cc1cccnc1)c1cc(Cl)nc2ccnn12. The lowest BCUT2D eigenvalue weighted by Gasteiger charge is -2.28. The van der Waals surface area contributed by atoms with Gasteiger partial charge in [-0.15, -0.1) is 0 Å². The lowest BCUT2D eigenvalue weighted by atomic mass is 10.2. The summed E-state index contributed by atoms with van der Waals surface area (Å²) >= 11 is 6.12. The monoisotopic (exact) mass is 724 g/mol. The van der Waals surface area contributed by atoms with E-state index in [1.165, 1.54) is 4.90 Å². The molecule has 14 nitrogen and oxygen atoms in total. The van der Waals surface area contributed by atoms with E-state index < -0.39 is 23.4 Å². The number of ether oxygens (including phenoxy) is 2. The Hall–Kier alpha value is -5.63. The number of halogens is 1. The average molecular weight is 725 g/mol. The normalized spacial score (nSPS) is 13.0. The Morgan fingerprint density at radius 1 is 0.731 bits per heavy atom. The maximum Gasteiger partial charge on any atom is 0.416 e. The molecule has 0 N–H and O–H groups in total. The third-order valence-corrected chi connectivity index (χ3v) is 7.77. The van der Waals surface area contributed by atoms with E-state index in [0.717, 1.165) is 35.3 Å². The second-order valence-electron chi connectivity index (χ2n) is 14.3. The largest absolute Gasteiger partial charge is 0.443 e. The molecule has 1 aliphatic rings. The fourth-order valence-electron chi connectivity index (χ4n) is 5.22. The fraction of sp³-hybridized carbons (Fsp3) is 0.351. The summed E-state index contributed by atoms with van der Waals surface area (Å²) < 4.78 is 14.5. The highest BCUT2D eigenvalue weighted by atomic mass is 35.5. The Morgan fingerprint density at radius 2 is 1.21 bits per heavy atom. The molecule has 1 aliphatic carbocycles. The van der Waals surface area contributed by atoms with Crippen LogP contribution in [0.25, 0.3) is 11.3 Å². The Balaban J connectivity index is 0.000000179. The summed E-state index contributed by atoms with van der Waals surface area (Å²) in [7, 11) is 0. The van der Waals surface area contributed by atoms with Crippen molar-refractivity contribution in [1.29, 1.82) is 0 Å². The van der Waals surface area contributed by atoms with Crippen LogP contribution in [0.1, 0.15) is 77.1 Å². The number of carbonyl (C=O) groups excluding carboxylic acids is 2. The second-order valence-corrected chi connectivity index (χ2v) is 14.7. The van der Waals surface area contributed by atoms with Gasteiger partial charge < -0.3 is 9.47 Å². The Kier molecular flexibility index (Phi) is 10.4. The van der Waals surface area contributed by atoms with Crippen molar-refractivity contribution in [3.8, 4) is 0 Å². The standard InChI is InChI=1S/C20H23N5O2.C17H18ClN5O2/c1-20(2,3)27-19(26)24(13-14-5-4-9-21-12-14)18-11-16(15-6-7-15)23-17-8-10-22-25(17)18;1-17(2,3)25-16(24)22(11-12-5-4-7-19-10-12)15-9-13(18)21-14-6-8-20-23(14)15/h4-5,8-12,15H,6-7,13H2,1-3H3;4-10H,11H2,1-3H3. The molecule has 0 radical (unpaired) electrons. The minimum absolute atomic E-state index is 0.262. The van der Waals surface area contributed by atoms with Crippen LogP contribution in [-0.4, -0.2) is 62.6 Å². The van der Waals surface area contributed by atoms with E-state index in [2.05, 4.69) is 25.1 Å². The molecule has 6 heterocycles. The predicted molar refractivity (Wildman–Crippen MR) is 196 cm³/mol. The van der Waals surface area contributed by atoms with Crippen LogP contribution in [0.15, 0.2) is 85.7 Å². The van der Waals surface area contributed by atoms with Crippen molar-refractivity contribution < 1.29 is 19.1 Å². The van der Waals surface area contributed by atoms with E-state index in [1.807, 2.05) is 77.9 Å². The molecule has 270 valence electrons. The average Bonchev–Trinajstić information content (AvgIpc) is 3.63. The molecule has 0 aliphatic heterocycles. The van der Waals surface area contributed by atoms with Gasteiger partial charge in [0, 0.05) is 60.7 Å². The minimum atomic E-state index is -0.635. The van der Waals surface area contributed by atoms with Crippen molar-refractivity contribution in [2.24, 2.45) is 0 Å². The molecule has 1 fully saturated rings. The summed E-state index contributed by atoms with van der Waals surface area (Å²) in [6.45, 7) is 11.6. The van der Waals surface area contributed by atoms with Crippen molar-refractivity contribution in [3.63, 3.8) is 0 Å². The van der Waals surface area contributed by atoms with Gasteiger partial charge in [0.15, 0.2) is 11.3 Å². The molecule has 7 rings (SSSR count). The highest BCUT2D eigenvalue weighted by Gasteiger charge is 2.31. The van der Waals surface area contributed by atoms with Crippen LogP contribution < -0.4 is 9.80 Å². The van der Waals surface area contributed by atoms with Gasteiger partial charge in [-0.3, -0.25) is 19.8 Å². The number of hydrogen-bond donors (Lipinski definition) is 0. The molecule has 52 heavy (non-hydrogen) atoms. The van der Waals surface area contributed by atoms with E-state index in [9.17, 15) is 9.59 Å². The minimum Gasteiger partial charge on any atom is -0.443 e. The molecule has 0 spiro atoms. The number of nitrogens with zero attached hydrogens (tertiary/aromatic N) is 10. The zero-order chi connectivity index (χ0) is 37.0. The molecule has 15 heteroatoms. The summed E-state index contributed by atoms with van der Waals surface area (Å²) in [6.07, 6.45) is 11.5. The molecule has 2 amide bonds. The summed E-state index contributed by atoms with van der Waals surface area (Å²) in [6, 6.07) is 14.6. The van der Waals surface area contributed by atoms with Crippen LogP contribution >= 0.6 is 11.6 Å². The third-order valence-electron chi connectivity index (χ3n) is 7.57. The number of carbonyl (C=O) groups is 2. The maximum atomic E-state index is 13.0. The maximum absolute atomic E-state index is 13.0. The van der Waals surface area contributed by atoms with Crippen molar-refractivity contribution in [1.82, 2.24) is 39.2 Å². The molecule has 0 saturated heterocycles. The van der Waals surface area contributed by atoms with Crippen molar-refractivity contribution in [3.05, 3.63) is 108 Å². The van der Waals surface area contributed by atoms with Crippen molar-refractivity contribution >= 4 is 46.7 Å². The molecule has 1 saturated carbocycles. The van der Waals surface area contributed by atoms with Gasteiger partial charge in [0.1, 0.15) is 28.0 Å². The predicted octanol–water partition coefficient (Wildman–Crippen LogP) is 7.66. The molecular formula is C37H41ClN10O4. The Labute approximate surface area is 306 Å². The second kappa shape index (κ2) is 14.9. The van der Waals surface area contributed by atoms with Crippen LogP contribution in [0.2, 0.25) is 5.15 Å².